The molecule has 2 heterocycles. The van der Waals surface area contributed by atoms with Gasteiger partial charge in [-0.1, -0.05) is 29.3 Å². The highest BCUT2D eigenvalue weighted by Crippen LogP contribution is 2.31. The standard InChI is InChI=1S/C18H14Cl2FN3/c19-12-2-1-11(16(20)10-12)9-17-15-7-8-22-18(15)24(23-17)14-5-3-13(21)4-6-14/h1-6,10,22H,7-9H2. The molecule has 0 unspecified atom stereocenters. The van der Waals surface area contributed by atoms with Crippen LogP contribution in [0.5, 0.6) is 0 Å². The molecule has 4 rings (SSSR count). The Morgan fingerprint density at radius 1 is 1.12 bits per heavy atom. The molecule has 6 heteroatoms. The highest BCUT2D eigenvalue weighted by atomic mass is 35.5. The molecule has 0 spiro atoms. The number of hydrogen-bond acceptors (Lipinski definition) is 2. The third kappa shape index (κ3) is 2.76. The Morgan fingerprint density at radius 2 is 1.92 bits per heavy atom. The van der Waals surface area contributed by atoms with E-state index in [2.05, 4.69) is 5.32 Å². The molecule has 122 valence electrons. The molecule has 0 amide bonds. The predicted molar refractivity (Wildman–Crippen MR) is 95.0 cm³/mol. The molecule has 1 N–H and O–H groups in total. The van der Waals surface area contributed by atoms with Crippen LogP contribution in [0.3, 0.4) is 0 Å². The lowest BCUT2D eigenvalue weighted by molar-refractivity contribution is 0.627. The van der Waals surface area contributed by atoms with Gasteiger partial charge in [0.1, 0.15) is 11.6 Å². The average Bonchev–Trinajstić information content (AvgIpc) is 3.15. The van der Waals surface area contributed by atoms with Crippen LogP contribution in [0.2, 0.25) is 10.0 Å². The third-order valence-electron chi connectivity index (χ3n) is 4.18. The number of anilines is 1. The zero-order valence-corrected chi connectivity index (χ0v) is 14.2. The number of halogens is 3. The molecule has 0 bridgehead atoms. The molecule has 24 heavy (non-hydrogen) atoms. The summed E-state index contributed by atoms with van der Waals surface area (Å²) in [5, 5.41) is 9.35. The first-order valence-corrected chi connectivity index (χ1v) is 8.42. The molecule has 0 aliphatic carbocycles. The molecular weight excluding hydrogens is 348 g/mol. The molecule has 1 aliphatic rings. The fraction of sp³-hybridized carbons (Fsp3) is 0.167. The first-order chi connectivity index (χ1) is 11.6. The fourth-order valence-corrected chi connectivity index (χ4v) is 3.48. The van der Waals surface area contributed by atoms with E-state index in [1.54, 1.807) is 18.2 Å². The minimum Gasteiger partial charge on any atom is -0.369 e. The summed E-state index contributed by atoms with van der Waals surface area (Å²) in [6, 6.07) is 11.8. The van der Waals surface area contributed by atoms with Crippen molar-refractivity contribution < 1.29 is 4.39 Å². The van der Waals surface area contributed by atoms with E-state index in [0.29, 0.717) is 16.5 Å². The maximum Gasteiger partial charge on any atom is 0.133 e. The number of nitrogens with one attached hydrogen (secondary N) is 1. The number of fused-ring (bicyclic) bond motifs is 1. The normalized spacial score (nSPS) is 13.0. The van der Waals surface area contributed by atoms with E-state index in [1.165, 1.54) is 17.7 Å². The van der Waals surface area contributed by atoms with E-state index >= 15 is 0 Å². The topological polar surface area (TPSA) is 29.9 Å². The lowest BCUT2D eigenvalue weighted by Gasteiger charge is -2.06. The van der Waals surface area contributed by atoms with Crippen molar-refractivity contribution >= 4 is 29.0 Å². The zero-order valence-electron chi connectivity index (χ0n) is 12.7. The van der Waals surface area contributed by atoms with Gasteiger partial charge in [0.15, 0.2) is 0 Å². The smallest absolute Gasteiger partial charge is 0.133 e. The number of nitrogens with zero attached hydrogens (tertiary/aromatic N) is 2. The molecule has 2 aromatic carbocycles. The minimum atomic E-state index is -0.260. The zero-order chi connectivity index (χ0) is 16.7. The number of aromatic nitrogens is 2. The monoisotopic (exact) mass is 361 g/mol. The van der Waals surface area contributed by atoms with Crippen LogP contribution in [-0.2, 0) is 12.8 Å². The van der Waals surface area contributed by atoms with E-state index < -0.39 is 0 Å². The highest BCUT2D eigenvalue weighted by Gasteiger charge is 2.23. The summed E-state index contributed by atoms with van der Waals surface area (Å²) in [6.07, 6.45) is 1.55. The van der Waals surface area contributed by atoms with Crippen molar-refractivity contribution in [3.63, 3.8) is 0 Å². The maximum atomic E-state index is 13.2. The highest BCUT2D eigenvalue weighted by molar-refractivity contribution is 6.35. The predicted octanol–water partition coefficient (Wildman–Crippen LogP) is 4.88. The van der Waals surface area contributed by atoms with Crippen molar-refractivity contribution in [2.75, 3.05) is 11.9 Å². The van der Waals surface area contributed by atoms with Crippen LogP contribution in [-0.4, -0.2) is 16.3 Å². The summed E-state index contributed by atoms with van der Waals surface area (Å²) in [7, 11) is 0. The molecule has 1 aromatic heterocycles. The second kappa shape index (κ2) is 6.11. The fourth-order valence-electron chi connectivity index (χ4n) is 3.00. The number of hydrogen-bond donors (Lipinski definition) is 1. The van der Waals surface area contributed by atoms with Gasteiger partial charge in [0, 0.05) is 28.6 Å². The molecular formula is C18H14Cl2FN3. The van der Waals surface area contributed by atoms with Crippen LogP contribution in [0.1, 0.15) is 16.8 Å². The molecule has 0 saturated heterocycles. The lowest BCUT2D eigenvalue weighted by atomic mass is 10.1. The van der Waals surface area contributed by atoms with Crippen LogP contribution in [0.15, 0.2) is 42.5 Å². The molecule has 3 aromatic rings. The number of rotatable bonds is 3. The first kappa shape index (κ1) is 15.5. The van der Waals surface area contributed by atoms with Gasteiger partial charge in [0.25, 0.3) is 0 Å². The van der Waals surface area contributed by atoms with Gasteiger partial charge >= 0.3 is 0 Å². The summed E-state index contributed by atoms with van der Waals surface area (Å²) < 4.78 is 15.0. The Morgan fingerprint density at radius 3 is 2.67 bits per heavy atom. The van der Waals surface area contributed by atoms with Gasteiger partial charge < -0.3 is 5.32 Å². The lowest BCUT2D eigenvalue weighted by Crippen LogP contribution is -2.05. The summed E-state index contributed by atoms with van der Waals surface area (Å²) in [5.41, 5.74) is 3.98. The number of benzene rings is 2. The van der Waals surface area contributed by atoms with E-state index in [9.17, 15) is 4.39 Å². The van der Waals surface area contributed by atoms with E-state index in [1.807, 2.05) is 16.8 Å². The van der Waals surface area contributed by atoms with E-state index in [0.717, 1.165) is 35.7 Å². The van der Waals surface area contributed by atoms with Gasteiger partial charge in [-0.25, -0.2) is 9.07 Å². The van der Waals surface area contributed by atoms with Crippen LogP contribution >= 0.6 is 23.2 Å². The summed E-state index contributed by atoms with van der Waals surface area (Å²) in [4.78, 5) is 0. The summed E-state index contributed by atoms with van der Waals surface area (Å²) in [5.74, 6) is 0.713. The van der Waals surface area contributed by atoms with E-state index in [4.69, 9.17) is 28.3 Å². The third-order valence-corrected chi connectivity index (χ3v) is 4.77. The van der Waals surface area contributed by atoms with Crippen LogP contribution in [0.4, 0.5) is 10.2 Å². The summed E-state index contributed by atoms with van der Waals surface area (Å²) in [6.45, 7) is 0.871. The molecule has 0 fully saturated rings. The van der Waals surface area contributed by atoms with Gasteiger partial charge in [-0.3, -0.25) is 0 Å². The second-order valence-corrected chi connectivity index (χ2v) is 6.59. The average molecular weight is 362 g/mol. The van der Waals surface area contributed by atoms with Crippen molar-refractivity contribution in [1.29, 1.82) is 0 Å². The van der Waals surface area contributed by atoms with Crippen molar-refractivity contribution in [1.82, 2.24) is 9.78 Å². The quantitative estimate of drug-likeness (QED) is 0.720. The largest absolute Gasteiger partial charge is 0.369 e. The van der Waals surface area contributed by atoms with Crippen LogP contribution in [0, 0.1) is 5.82 Å². The van der Waals surface area contributed by atoms with Gasteiger partial charge in [-0.05, 0) is 48.4 Å². The minimum absolute atomic E-state index is 0.260. The van der Waals surface area contributed by atoms with Crippen LogP contribution < -0.4 is 5.32 Å². The van der Waals surface area contributed by atoms with Crippen molar-refractivity contribution in [3.8, 4) is 5.69 Å². The van der Waals surface area contributed by atoms with Gasteiger partial charge in [0.2, 0.25) is 0 Å². The van der Waals surface area contributed by atoms with Crippen molar-refractivity contribution in [3.05, 3.63) is 75.1 Å². The SMILES string of the molecule is Fc1ccc(-n2nc(Cc3ccc(Cl)cc3Cl)c3c2NCC3)cc1. The molecule has 3 nitrogen and oxygen atoms in total. The van der Waals surface area contributed by atoms with Gasteiger partial charge in [0.05, 0.1) is 11.4 Å². The molecule has 0 atom stereocenters. The first-order valence-electron chi connectivity index (χ1n) is 7.66. The Bertz CT molecular complexity index is 903. The van der Waals surface area contributed by atoms with E-state index in [-0.39, 0.29) is 5.82 Å². The second-order valence-electron chi connectivity index (χ2n) is 5.75. The Balaban J connectivity index is 1.74. The Labute approximate surface area is 149 Å². The summed E-state index contributed by atoms with van der Waals surface area (Å²) >= 11 is 12.3. The Hall–Kier alpha value is -2.04. The molecule has 0 saturated carbocycles. The van der Waals surface area contributed by atoms with Crippen molar-refractivity contribution in [2.45, 2.75) is 12.8 Å². The maximum absolute atomic E-state index is 13.2. The van der Waals surface area contributed by atoms with Crippen LogP contribution in [0.25, 0.3) is 5.69 Å². The Kier molecular flexibility index (Phi) is 3.94. The molecule has 1 aliphatic heterocycles. The van der Waals surface area contributed by atoms with Gasteiger partial charge in [-0.15, -0.1) is 0 Å². The van der Waals surface area contributed by atoms with Gasteiger partial charge in [-0.2, -0.15) is 5.10 Å². The van der Waals surface area contributed by atoms with Crippen molar-refractivity contribution in [2.24, 2.45) is 0 Å². The molecule has 0 radical (unpaired) electrons.